The van der Waals surface area contributed by atoms with Gasteiger partial charge in [-0.3, -0.25) is 0 Å². The van der Waals surface area contributed by atoms with Crippen LogP contribution in [0.15, 0.2) is 24.5 Å². The Morgan fingerprint density at radius 2 is 2.05 bits per heavy atom. The highest BCUT2D eigenvalue weighted by Gasteiger charge is 2.39. The number of carbonyl (C=O) groups excluding carboxylic acids is 1. The van der Waals surface area contributed by atoms with Gasteiger partial charge in [0.1, 0.15) is 6.29 Å². The van der Waals surface area contributed by atoms with Crippen LogP contribution in [0.4, 0.5) is 0 Å². The van der Waals surface area contributed by atoms with Crippen LogP contribution in [0.2, 0.25) is 18.1 Å². The molecular weight excluding hydrogens is 292 g/mol. The van der Waals surface area contributed by atoms with Crippen LogP contribution < -0.4 is 0 Å². The molecule has 0 aliphatic carbocycles. The van der Waals surface area contributed by atoms with Crippen molar-refractivity contribution in [2.75, 3.05) is 0 Å². The van der Waals surface area contributed by atoms with Crippen LogP contribution in [0.3, 0.4) is 0 Å². The second-order valence-electron chi connectivity index (χ2n) is 7.37. The maximum Gasteiger partial charge on any atom is 0.192 e. The summed E-state index contributed by atoms with van der Waals surface area (Å²) in [6.45, 7) is 11.0. The van der Waals surface area contributed by atoms with E-state index in [-0.39, 0.29) is 11.1 Å². The van der Waals surface area contributed by atoms with Gasteiger partial charge >= 0.3 is 0 Å². The number of nitrogens with zero attached hydrogens (tertiary/aromatic N) is 2. The maximum absolute atomic E-state index is 11.1. The number of aryl methyl sites for hydroxylation is 1. The van der Waals surface area contributed by atoms with E-state index in [2.05, 4.69) is 38.8 Å². The van der Waals surface area contributed by atoms with Gasteiger partial charge in [-0.1, -0.05) is 26.8 Å². The number of benzene rings is 1. The van der Waals surface area contributed by atoms with E-state index >= 15 is 0 Å². The Morgan fingerprint density at radius 1 is 1.36 bits per heavy atom. The average molecular weight is 318 g/mol. The van der Waals surface area contributed by atoms with E-state index in [1.165, 1.54) is 0 Å². The predicted molar refractivity (Wildman–Crippen MR) is 92.4 cm³/mol. The van der Waals surface area contributed by atoms with E-state index in [9.17, 15) is 4.79 Å². The molecule has 0 aliphatic heterocycles. The molecule has 0 aliphatic rings. The zero-order valence-electron chi connectivity index (χ0n) is 14.4. The molecule has 0 bridgehead atoms. The van der Waals surface area contributed by atoms with Crippen LogP contribution in [0.1, 0.15) is 38.9 Å². The summed E-state index contributed by atoms with van der Waals surface area (Å²) < 4.78 is 8.45. The van der Waals surface area contributed by atoms with Crippen LogP contribution in [0.5, 0.6) is 0 Å². The number of imidazole rings is 1. The highest BCUT2D eigenvalue weighted by molar-refractivity contribution is 6.74. The largest absolute Gasteiger partial charge is 0.410 e. The molecule has 2 aromatic rings. The van der Waals surface area contributed by atoms with Gasteiger partial charge in [0.2, 0.25) is 0 Å². The van der Waals surface area contributed by atoms with Gasteiger partial charge in [0.15, 0.2) is 8.32 Å². The molecule has 2 rings (SSSR count). The first-order valence-corrected chi connectivity index (χ1v) is 10.6. The van der Waals surface area contributed by atoms with Gasteiger partial charge in [-0.05, 0) is 35.8 Å². The Bertz CT molecular complexity index is 671. The second kappa shape index (κ2) is 5.97. The monoisotopic (exact) mass is 318 g/mol. The summed E-state index contributed by atoms with van der Waals surface area (Å²) in [5.74, 6) is 0. The van der Waals surface area contributed by atoms with E-state index in [1.807, 2.05) is 29.8 Å². The number of aldehydes is 1. The summed E-state index contributed by atoms with van der Waals surface area (Å²) in [6, 6.07) is 6.13. The molecular formula is C17H26N2O2Si. The molecule has 0 unspecified atom stereocenters. The lowest BCUT2D eigenvalue weighted by molar-refractivity contribution is -0.109. The third-order valence-electron chi connectivity index (χ3n) is 4.67. The zero-order valence-corrected chi connectivity index (χ0v) is 15.4. The van der Waals surface area contributed by atoms with Crippen molar-refractivity contribution in [2.24, 2.45) is 7.05 Å². The smallest absolute Gasteiger partial charge is 0.192 e. The Kier molecular flexibility index (Phi) is 4.59. The molecule has 0 amide bonds. The van der Waals surface area contributed by atoms with Crippen molar-refractivity contribution in [1.29, 1.82) is 0 Å². The van der Waals surface area contributed by atoms with Gasteiger partial charge in [0.05, 0.1) is 23.5 Å². The highest BCUT2D eigenvalue weighted by Crippen LogP contribution is 2.40. The molecule has 1 atom stereocenters. The fourth-order valence-electron chi connectivity index (χ4n) is 2.23. The molecule has 4 nitrogen and oxygen atoms in total. The predicted octanol–water partition coefficient (Wildman–Crippen LogP) is 4.23. The third kappa shape index (κ3) is 3.30. The number of hydrogen-bond acceptors (Lipinski definition) is 3. The number of aromatic nitrogens is 2. The van der Waals surface area contributed by atoms with E-state index in [0.717, 1.165) is 22.9 Å². The first kappa shape index (κ1) is 16.9. The molecule has 5 heteroatoms. The molecule has 0 fully saturated rings. The molecule has 1 heterocycles. The van der Waals surface area contributed by atoms with Crippen molar-refractivity contribution in [3.8, 4) is 0 Å². The van der Waals surface area contributed by atoms with Crippen LogP contribution >= 0.6 is 0 Å². The second-order valence-corrected chi connectivity index (χ2v) is 12.1. The zero-order chi connectivity index (χ0) is 16.5. The number of rotatable bonds is 5. The number of carbonyl (C=O) groups is 1. The SMILES string of the molecule is Cn1cnc2cc([C@H](CC=O)O[Si](C)(C)C(C)(C)C)ccc21. The van der Waals surface area contributed by atoms with Crippen LogP contribution in [-0.2, 0) is 16.3 Å². The number of hydrogen-bond donors (Lipinski definition) is 0. The molecule has 1 aromatic heterocycles. The van der Waals surface area contributed by atoms with Gasteiger partial charge in [-0.25, -0.2) is 4.98 Å². The van der Waals surface area contributed by atoms with Crippen molar-refractivity contribution in [3.05, 3.63) is 30.1 Å². The van der Waals surface area contributed by atoms with Gasteiger partial charge < -0.3 is 13.8 Å². The molecule has 0 radical (unpaired) electrons. The molecule has 120 valence electrons. The van der Waals surface area contributed by atoms with Crippen molar-refractivity contribution in [2.45, 2.75) is 51.4 Å². The molecule has 0 N–H and O–H groups in total. The molecule has 22 heavy (non-hydrogen) atoms. The Morgan fingerprint density at radius 3 is 2.64 bits per heavy atom. The quantitative estimate of drug-likeness (QED) is 0.612. The summed E-state index contributed by atoms with van der Waals surface area (Å²) in [6.07, 6.45) is 2.94. The van der Waals surface area contributed by atoms with Gasteiger partial charge in [-0.15, -0.1) is 0 Å². The summed E-state index contributed by atoms with van der Waals surface area (Å²) in [5.41, 5.74) is 3.05. The van der Waals surface area contributed by atoms with E-state index in [4.69, 9.17) is 4.43 Å². The first-order valence-electron chi connectivity index (χ1n) is 7.68. The van der Waals surface area contributed by atoms with Gasteiger partial charge in [0.25, 0.3) is 0 Å². The normalized spacial score (nSPS) is 14.3. The van der Waals surface area contributed by atoms with E-state index in [0.29, 0.717) is 6.42 Å². The van der Waals surface area contributed by atoms with E-state index < -0.39 is 8.32 Å². The minimum absolute atomic E-state index is 0.114. The fraction of sp³-hybridized carbons (Fsp3) is 0.529. The van der Waals surface area contributed by atoms with Crippen LogP contribution in [0, 0.1) is 0 Å². The van der Waals surface area contributed by atoms with E-state index in [1.54, 1.807) is 6.33 Å². The summed E-state index contributed by atoms with van der Waals surface area (Å²) in [5, 5.41) is 0.114. The van der Waals surface area contributed by atoms with Crippen molar-refractivity contribution < 1.29 is 9.22 Å². The standard InChI is InChI=1S/C17H26N2O2Si/c1-17(2,3)22(5,6)21-16(9-10-20)13-7-8-15-14(11-13)18-12-19(15)4/h7-8,10-12,16H,9H2,1-6H3/t16-/m0/s1. The van der Waals surface area contributed by atoms with Crippen LogP contribution in [-0.4, -0.2) is 24.2 Å². The van der Waals surface area contributed by atoms with Crippen LogP contribution in [0.25, 0.3) is 11.0 Å². The summed E-state index contributed by atoms with van der Waals surface area (Å²) >= 11 is 0. The molecule has 1 aromatic carbocycles. The molecule has 0 saturated heterocycles. The first-order chi connectivity index (χ1) is 10.2. The maximum atomic E-state index is 11.1. The minimum atomic E-state index is -1.93. The van der Waals surface area contributed by atoms with Crippen molar-refractivity contribution in [1.82, 2.24) is 9.55 Å². The molecule has 0 saturated carbocycles. The topological polar surface area (TPSA) is 44.1 Å². The lowest BCUT2D eigenvalue weighted by atomic mass is 10.1. The highest BCUT2D eigenvalue weighted by atomic mass is 28.4. The lowest BCUT2D eigenvalue weighted by Crippen LogP contribution is -2.41. The Hall–Kier alpha value is -1.46. The van der Waals surface area contributed by atoms with Gasteiger partial charge in [-0.2, -0.15) is 0 Å². The third-order valence-corrected chi connectivity index (χ3v) is 9.16. The molecule has 0 spiro atoms. The van der Waals surface area contributed by atoms with Crippen molar-refractivity contribution in [3.63, 3.8) is 0 Å². The summed E-state index contributed by atoms with van der Waals surface area (Å²) in [4.78, 5) is 15.5. The fourth-order valence-corrected chi connectivity index (χ4v) is 3.52. The minimum Gasteiger partial charge on any atom is -0.410 e. The van der Waals surface area contributed by atoms with Gasteiger partial charge in [0, 0.05) is 13.5 Å². The number of fused-ring (bicyclic) bond motifs is 1. The average Bonchev–Trinajstić information content (AvgIpc) is 2.78. The lowest BCUT2D eigenvalue weighted by Gasteiger charge is -2.39. The Balaban J connectivity index is 2.35. The Labute approximate surface area is 133 Å². The summed E-state index contributed by atoms with van der Waals surface area (Å²) in [7, 11) is 0.0414. The van der Waals surface area contributed by atoms with Crippen molar-refractivity contribution >= 4 is 25.6 Å².